The van der Waals surface area contributed by atoms with E-state index in [9.17, 15) is 0 Å². The molecule has 0 unspecified atom stereocenters. The second-order valence-electron chi connectivity index (χ2n) is 2.96. The minimum atomic E-state index is 0.332. The number of anilines is 1. The Bertz CT molecular complexity index is 464. The number of nitrogen functional groups attached to an aromatic ring is 1. The highest BCUT2D eigenvalue weighted by Crippen LogP contribution is 2.29. The molecule has 0 saturated heterocycles. The van der Waals surface area contributed by atoms with Crippen molar-refractivity contribution in [3.63, 3.8) is 0 Å². The van der Waals surface area contributed by atoms with Crippen molar-refractivity contribution < 1.29 is 0 Å². The SMILES string of the molecule is C=C(Cl)/C=C(\C(Cl)=C/N)c1cccnc1N. The van der Waals surface area contributed by atoms with E-state index in [2.05, 4.69) is 11.6 Å². The van der Waals surface area contributed by atoms with Crippen LogP contribution in [0.25, 0.3) is 5.57 Å². The summed E-state index contributed by atoms with van der Waals surface area (Å²) < 4.78 is 0. The zero-order valence-corrected chi connectivity index (χ0v) is 9.96. The highest BCUT2D eigenvalue weighted by Gasteiger charge is 2.09. The average molecular weight is 256 g/mol. The van der Waals surface area contributed by atoms with Crippen LogP contribution in [0.15, 0.2) is 47.2 Å². The first kappa shape index (κ1) is 12.6. The number of nitrogens with two attached hydrogens (primary N) is 2. The molecule has 0 spiro atoms. The van der Waals surface area contributed by atoms with Crippen LogP contribution in [0.4, 0.5) is 5.82 Å². The van der Waals surface area contributed by atoms with Gasteiger partial charge in [0.05, 0.1) is 5.03 Å². The maximum atomic E-state index is 5.97. The number of hydrogen-bond acceptors (Lipinski definition) is 3. The van der Waals surface area contributed by atoms with E-state index in [1.165, 1.54) is 6.20 Å². The topological polar surface area (TPSA) is 64.9 Å². The van der Waals surface area contributed by atoms with E-state index in [1.54, 1.807) is 24.4 Å². The Kier molecular flexibility index (Phi) is 4.40. The van der Waals surface area contributed by atoms with Gasteiger partial charge in [-0.3, -0.25) is 0 Å². The Hall–Kier alpha value is -1.45. The van der Waals surface area contributed by atoms with Gasteiger partial charge in [0.1, 0.15) is 5.82 Å². The number of pyridine rings is 1. The van der Waals surface area contributed by atoms with Crippen molar-refractivity contribution in [2.75, 3.05) is 5.73 Å². The maximum absolute atomic E-state index is 5.97. The van der Waals surface area contributed by atoms with Crippen molar-refractivity contribution in [2.45, 2.75) is 0 Å². The summed E-state index contributed by atoms with van der Waals surface area (Å²) in [5, 5.41) is 0.666. The van der Waals surface area contributed by atoms with Gasteiger partial charge >= 0.3 is 0 Å². The molecule has 1 heterocycles. The highest BCUT2D eigenvalue weighted by molar-refractivity contribution is 6.38. The molecule has 0 fully saturated rings. The van der Waals surface area contributed by atoms with E-state index in [1.807, 2.05) is 0 Å². The van der Waals surface area contributed by atoms with Crippen molar-refractivity contribution in [1.29, 1.82) is 0 Å². The third-order valence-corrected chi connectivity index (χ3v) is 2.27. The fraction of sp³-hybridized carbons (Fsp3) is 0. The Morgan fingerprint density at radius 1 is 1.44 bits per heavy atom. The molecule has 0 saturated carbocycles. The quantitative estimate of drug-likeness (QED) is 0.817. The van der Waals surface area contributed by atoms with Gasteiger partial charge in [-0.2, -0.15) is 0 Å². The van der Waals surface area contributed by atoms with Crippen LogP contribution in [0.1, 0.15) is 5.56 Å². The van der Waals surface area contributed by atoms with Crippen LogP contribution in [0.2, 0.25) is 0 Å². The number of allylic oxidation sites excluding steroid dienone is 4. The monoisotopic (exact) mass is 255 g/mol. The van der Waals surface area contributed by atoms with E-state index in [0.29, 0.717) is 27.0 Å². The lowest BCUT2D eigenvalue weighted by Crippen LogP contribution is -1.98. The minimum absolute atomic E-state index is 0.332. The van der Waals surface area contributed by atoms with Gasteiger partial charge in [0.15, 0.2) is 0 Å². The maximum Gasteiger partial charge on any atom is 0.131 e. The smallest absolute Gasteiger partial charge is 0.131 e. The van der Waals surface area contributed by atoms with Crippen LogP contribution < -0.4 is 11.5 Å². The number of nitrogens with zero attached hydrogens (tertiary/aromatic N) is 1. The van der Waals surface area contributed by atoms with Crippen LogP contribution in [0.5, 0.6) is 0 Å². The van der Waals surface area contributed by atoms with Gasteiger partial charge in [0.25, 0.3) is 0 Å². The van der Waals surface area contributed by atoms with Crippen LogP contribution in [-0.2, 0) is 0 Å². The van der Waals surface area contributed by atoms with Gasteiger partial charge in [-0.05, 0) is 18.2 Å². The van der Waals surface area contributed by atoms with Crippen LogP contribution in [-0.4, -0.2) is 4.98 Å². The Balaban J connectivity index is 3.34. The van der Waals surface area contributed by atoms with Crippen molar-refractivity contribution in [2.24, 2.45) is 5.73 Å². The predicted molar refractivity (Wildman–Crippen MR) is 69.7 cm³/mol. The molecule has 16 heavy (non-hydrogen) atoms. The molecule has 3 nitrogen and oxygen atoms in total. The fourth-order valence-electron chi connectivity index (χ4n) is 1.17. The first-order valence-corrected chi connectivity index (χ1v) is 5.16. The molecule has 0 aliphatic heterocycles. The molecule has 0 aliphatic carbocycles. The number of rotatable bonds is 3. The molecule has 1 rings (SSSR count). The zero-order chi connectivity index (χ0) is 12.1. The number of halogens is 2. The number of hydrogen-bond donors (Lipinski definition) is 2. The second kappa shape index (κ2) is 5.58. The summed E-state index contributed by atoms with van der Waals surface area (Å²) in [4.78, 5) is 3.96. The van der Waals surface area contributed by atoms with E-state index in [-0.39, 0.29) is 0 Å². The average Bonchev–Trinajstić information content (AvgIpc) is 2.26. The lowest BCUT2D eigenvalue weighted by Gasteiger charge is -2.08. The van der Waals surface area contributed by atoms with Crippen molar-refractivity contribution in [1.82, 2.24) is 4.98 Å². The lowest BCUT2D eigenvalue weighted by molar-refractivity contribution is 1.32. The van der Waals surface area contributed by atoms with Gasteiger partial charge in [-0.15, -0.1) is 0 Å². The summed E-state index contributed by atoms with van der Waals surface area (Å²) in [5.41, 5.74) is 12.4. The molecule has 4 N–H and O–H groups in total. The summed E-state index contributed by atoms with van der Waals surface area (Å²) in [6.45, 7) is 3.57. The van der Waals surface area contributed by atoms with Gasteiger partial charge in [0.2, 0.25) is 0 Å². The van der Waals surface area contributed by atoms with E-state index in [0.717, 1.165) is 0 Å². The highest BCUT2D eigenvalue weighted by atomic mass is 35.5. The Morgan fingerprint density at radius 3 is 2.62 bits per heavy atom. The third kappa shape index (κ3) is 3.02. The second-order valence-corrected chi connectivity index (χ2v) is 3.85. The first-order valence-electron chi connectivity index (χ1n) is 4.41. The standard InChI is InChI=1S/C11H11Cl2N3/c1-7(12)5-9(10(13)6-14)8-3-2-4-16-11(8)15/h2-6H,1,14H2,(H2,15,16)/b9-5-,10-6+. The summed E-state index contributed by atoms with van der Waals surface area (Å²) in [5.74, 6) is 0.353. The molecule has 5 heteroatoms. The molecular formula is C11H11Cl2N3. The molecule has 0 bridgehead atoms. The van der Waals surface area contributed by atoms with Gasteiger partial charge < -0.3 is 11.5 Å². The van der Waals surface area contributed by atoms with Crippen LogP contribution >= 0.6 is 23.2 Å². The summed E-state index contributed by atoms with van der Waals surface area (Å²) in [6.07, 6.45) is 4.44. The van der Waals surface area contributed by atoms with Crippen LogP contribution in [0, 0.1) is 0 Å². The fourth-order valence-corrected chi connectivity index (χ4v) is 1.43. The minimum Gasteiger partial charge on any atom is -0.403 e. The largest absolute Gasteiger partial charge is 0.403 e. The van der Waals surface area contributed by atoms with E-state index in [4.69, 9.17) is 34.7 Å². The lowest BCUT2D eigenvalue weighted by atomic mass is 10.1. The van der Waals surface area contributed by atoms with Crippen molar-refractivity contribution in [3.8, 4) is 0 Å². The molecule has 0 aliphatic rings. The summed E-state index contributed by atoms with van der Waals surface area (Å²) >= 11 is 11.7. The molecule has 0 radical (unpaired) electrons. The van der Waals surface area contributed by atoms with E-state index >= 15 is 0 Å². The molecule has 0 atom stereocenters. The zero-order valence-electron chi connectivity index (χ0n) is 8.45. The first-order chi connectivity index (χ1) is 7.56. The van der Waals surface area contributed by atoms with E-state index < -0.39 is 0 Å². The Labute approximate surface area is 104 Å². The van der Waals surface area contributed by atoms with Gasteiger partial charge in [-0.25, -0.2) is 4.98 Å². The van der Waals surface area contributed by atoms with Crippen LogP contribution in [0.3, 0.4) is 0 Å². The predicted octanol–water partition coefficient (Wildman–Crippen LogP) is 2.84. The molecule has 0 amide bonds. The third-order valence-electron chi connectivity index (χ3n) is 1.83. The normalized spacial score (nSPS) is 12.6. The Morgan fingerprint density at radius 2 is 2.12 bits per heavy atom. The van der Waals surface area contributed by atoms with Crippen molar-refractivity contribution in [3.05, 3.63) is 52.8 Å². The van der Waals surface area contributed by atoms with Crippen molar-refractivity contribution >= 4 is 34.6 Å². The molecule has 84 valence electrons. The summed E-state index contributed by atoms with van der Waals surface area (Å²) in [6, 6.07) is 3.52. The molecule has 1 aromatic heterocycles. The molecule has 0 aromatic carbocycles. The van der Waals surface area contributed by atoms with Gasteiger partial charge in [0, 0.05) is 28.6 Å². The summed E-state index contributed by atoms with van der Waals surface area (Å²) in [7, 11) is 0. The molecule has 1 aromatic rings. The number of aromatic nitrogens is 1. The van der Waals surface area contributed by atoms with Gasteiger partial charge in [-0.1, -0.05) is 29.8 Å². The molecular weight excluding hydrogens is 245 g/mol.